The van der Waals surface area contributed by atoms with Crippen LogP contribution in [0.5, 0.6) is 0 Å². The van der Waals surface area contributed by atoms with Crippen molar-refractivity contribution in [3.63, 3.8) is 0 Å². The molecule has 0 saturated heterocycles. The molecule has 0 heterocycles. The van der Waals surface area contributed by atoms with Gasteiger partial charge in [0, 0.05) is 17.9 Å². The normalized spacial score (nSPS) is 13.1. The van der Waals surface area contributed by atoms with Crippen LogP contribution in [0.2, 0.25) is 0 Å². The van der Waals surface area contributed by atoms with Gasteiger partial charge in [-0.25, -0.2) is 8.42 Å². The fourth-order valence-electron chi connectivity index (χ4n) is 3.11. The second-order valence-corrected chi connectivity index (χ2v) is 9.24. The van der Waals surface area contributed by atoms with Gasteiger partial charge in [0.2, 0.25) is 5.91 Å². The number of amides is 1. The molecule has 2 aromatic rings. The van der Waals surface area contributed by atoms with Gasteiger partial charge in [-0.15, -0.1) is 0 Å². The van der Waals surface area contributed by atoms with Crippen molar-refractivity contribution in [1.29, 1.82) is 0 Å². The molecule has 0 atom stereocenters. The lowest BCUT2D eigenvalue weighted by Gasteiger charge is -2.37. The van der Waals surface area contributed by atoms with Crippen molar-refractivity contribution in [2.24, 2.45) is 0 Å². The molecule has 1 amide bonds. The van der Waals surface area contributed by atoms with Crippen molar-refractivity contribution < 1.29 is 44.3 Å². The van der Waals surface area contributed by atoms with Gasteiger partial charge in [-0.2, -0.15) is 26.3 Å². The maximum Gasteiger partial charge on any atom is 0.430 e. The third-order valence-corrected chi connectivity index (χ3v) is 6.51. The Hall–Kier alpha value is -2.60. The first-order valence-corrected chi connectivity index (χ1v) is 11.3. The molecule has 0 aliphatic carbocycles. The Balaban J connectivity index is 2.20. The van der Waals surface area contributed by atoms with Crippen molar-refractivity contribution in [3.8, 4) is 0 Å². The van der Waals surface area contributed by atoms with Crippen LogP contribution in [0.25, 0.3) is 0 Å². The molecule has 2 aromatic carbocycles. The number of sulfone groups is 1. The number of nitrogens with one attached hydrogen (secondary N) is 1. The van der Waals surface area contributed by atoms with Gasteiger partial charge in [-0.3, -0.25) is 4.79 Å². The average Bonchev–Trinajstić information content (AvgIpc) is 2.71. The zero-order chi connectivity index (χ0) is 25.1. The lowest BCUT2D eigenvalue weighted by Crippen LogP contribution is -2.56. The Morgan fingerprint density at radius 3 is 1.82 bits per heavy atom. The summed E-state index contributed by atoms with van der Waals surface area (Å²) in [6.45, 7) is 1.67. The summed E-state index contributed by atoms with van der Waals surface area (Å²) in [5.41, 5.74) is -5.24. The highest BCUT2D eigenvalue weighted by Gasteiger charge is 2.73. The van der Waals surface area contributed by atoms with Gasteiger partial charge >= 0.3 is 12.4 Å². The molecule has 0 spiro atoms. The minimum Gasteiger partial charge on any atom is -0.354 e. The fourth-order valence-corrected chi connectivity index (χ4v) is 4.00. The lowest BCUT2D eigenvalue weighted by molar-refractivity contribution is -0.388. The van der Waals surface area contributed by atoms with Gasteiger partial charge in [-0.1, -0.05) is 31.2 Å². The highest BCUT2D eigenvalue weighted by molar-refractivity contribution is 7.91. The van der Waals surface area contributed by atoms with Crippen LogP contribution in [0.3, 0.4) is 0 Å². The van der Waals surface area contributed by atoms with Crippen LogP contribution in [0.1, 0.15) is 25.0 Å². The number of carbonyl (C=O) groups is 1. The maximum absolute atomic E-state index is 13.5. The monoisotopic (exact) mass is 497 g/mol. The predicted octanol–water partition coefficient (Wildman–Crippen LogP) is 5.02. The molecule has 5 nitrogen and oxygen atoms in total. The number of rotatable bonds is 8. The van der Waals surface area contributed by atoms with Gasteiger partial charge in [-0.05, 0) is 36.8 Å². The van der Waals surface area contributed by atoms with Crippen LogP contribution in [-0.4, -0.2) is 39.0 Å². The van der Waals surface area contributed by atoms with E-state index in [9.17, 15) is 39.6 Å². The van der Waals surface area contributed by atoms with Crippen molar-refractivity contribution in [2.75, 3.05) is 17.7 Å². The zero-order valence-electron chi connectivity index (χ0n) is 17.5. The first-order valence-electron chi connectivity index (χ1n) is 9.67. The van der Waals surface area contributed by atoms with Crippen LogP contribution in [0.4, 0.5) is 32.0 Å². The maximum atomic E-state index is 13.5. The van der Waals surface area contributed by atoms with Crippen LogP contribution in [-0.2, 0) is 31.4 Å². The molecule has 0 aromatic heterocycles. The number of alkyl halides is 6. The van der Waals surface area contributed by atoms with E-state index in [1.54, 1.807) is 0 Å². The van der Waals surface area contributed by atoms with Gasteiger partial charge in [0.15, 0.2) is 9.84 Å². The molecule has 2 rings (SSSR count). The second kappa shape index (κ2) is 9.72. The Bertz CT molecular complexity index is 1050. The van der Waals surface area contributed by atoms with Crippen molar-refractivity contribution in [2.45, 2.75) is 43.1 Å². The van der Waals surface area contributed by atoms with E-state index >= 15 is 0 Å². The Morgan fingerprint density at radius 1 is 0.879 bits per heavy atom. The van der Waals surface area contributed by atoms with E-state index in [0.717, 1.165) is 19.1 Å². The van der Waals surface area contributed by atoms with Crippen LogP contribution >= 0.6 is 0 Å². The molecule has 12 heteroatoms. The lowest BCUT2D eigenvalue weighted by atomic mass is 9.91. The summed E-state index contributed by atoms with van der Waals surface area (Å²) >= 11 is 0. The molecular weight excluding hydrogens is 476 g/mol. The van der Waals surface area contributed by atoms with Gasteiger partial charge in [0.1, 0.15) is 0 Å². The fraction of sp³-hybridized carbons (Fsp3) is 0.381. The molecule has 0 saturated carbocycles. The molecule has 0 bridgehead atoms. The SMILES string of the molecule is CCOC(c1ccc(NC(=O)Cc2ccc(S(=O)(=O)CC)cc2)cc1)(C(F)(F)F)C(F)(F)F. The van der Waals surface area contributed by atoms with Crippen molar-refractivity contribution in [1.82, 2.24) is 0 Å². The smallest absolute Gasteiger partial charge is 0.354 e. The summed E-state index contributed by atoms with van der Waals surface area (Å²) in [6.07, 6.45) is -11.7. The van der Waals surface area contributed by atoms with Gasteiger partial charge in [0.25, 0.3) is 5.60 Å². The molecule has 33 heavy (non-hydrogen) atoms. The first-order chi connectivity index (χ1) is 15.2. The van der Waals surface area contributed by atoms with E-state index in [1.165, 1.54) is 31.2 Å². The average molecular weight is 497 g/mol. The van der Waals surface area contributed by atoms with E-state index in [4.69, 9.17) is 0 Å². The molecule has 1 N–H and O–H groups in total. The summed E-state index contributed by atoms with van der Waals surface area (Å²) in [4.78, 5) is 12.3. The number of halogens is 6. The number of anilines is 1. The highest BCUT2D eigenvalue weighted by atomic mass is 32.2. The summed E-state index contributed by atoms with van der Waals surface area (Å²) in [6, 6.07) is 8.58. The van der Waals surface area contributed by atoms with Crippen LogP contribution < -0.4 is 5.32 Å². The highest BCUT2D eigenvalue weighted by Crippen LogP contribution is 2.53. The molecular formula is C21H21F6NO4S. The summed E-state index contributed by atoms with van der Waals surface area (Å²) < 4.78 is 109. The van der Waals surface area contributed by atoms with Crippen molar-refractivity contribution >= 4 is 21.4 Å². The third kappa shape index (κ3) is 5.67. The van der Waals surface area contributed by atoms with E-state index in [2.05, 4.69) is 10.1 Å². The second-order valence-electron chi connectivity index (χ2n) is 6.96. The molecule has 0 unspecified atom stereocenters. The number of hydrogen-bond donors (Lipinski definition) is 1. The Labute approximate surface area is 186 Å². The summed E-state index contributed by atoms with van der Waals surface area (Å²) in [5.74, 6) is -0.688. The molecule has 0 radical (unpaired) electrons. The van der Waals surface area contributed by atoms with E-state index in [0.29, 0.717) is 17.7 Å². The van der Waals surface area contributed by atoms with E-state index in [-0.39, 0.29) is 22.8 Å². The number of ether oxygens (including phenoxy) is 1. The van der Waals surface area contributed by atoms with Crippen LogP contribution in [0, 0.1) is 0 Å². The minimum atomic E-state index is -5.77. The quantitative estimate of drug-likeness (QED) is 0.520. The molecule has 0 fully saturated rings. The molecule has 182 valence electrons. The summed E-state index contributed by atoms with van der Waals surface area (Å²) in [7, 11) is -3.40. The number of hydrogen-bond acceptors (Lipinski definition) is 4. The molecule has 0 aliphatic rings. The van der Waals surface area contributed by atoms with Crippen LogP contribution in [0.15, 0.2) is 53.4 Å². The molecule has 0 aliphatic heterocycles. The third-order valence-electron chi connectivity index (χ3n) is 4.76. The summed E-state index contributed by atoms with van der Waals surface area (Å²) in [5, 5.41) is 2.37. The Kier molecular flexibility index (Phi) is 7.85. The van der Waals surface area contributed by atoms with E-state index in [1.807, 2.05) is 0 Å². The largest absolute Gasteiger partial charge is 0.430 e. The van der Waals surface area contributed by atoms with Gasteiger partial charge < -0.3 is 10.1 Å². The number of carbonyl (C=O) groups excluding carboxylic acids is 1. The number of benzene rings is 2. The van der Waals surface area contributed by atoms with Crippen molar-refractivity contribution in [3.05, 3.63) is 59.7 Å². The zero-order valence-corrected chi connectivity index (χ0v) is 18.4. The van der Waals surface area contributed by atoms with Gasteiger partial charge in [0.05, 0.1) is 17.1 Å². The van der Waals surface area contributed by atoms with E-state index < -0.39 is 45.9 Å². The first kappa shape index (κ1) is 26.7. The Morgan fingerprint density at radius 2 is 1.39 bits per heavy atom. The predicted molar refractivity (Wildman–Crippen MR) is 108 cm³/mol. The standard InChI is InChI=1S/C21H21F6NO4S/c1-3-32-19(20(22,23)24,21(25,26)27)15-7-9-16(10-8-15)28-18(29)13-14-5-11-17(12-6-14)33(30,31)4-2/h5-12H,3-4,13H2,1-2H3,(H,28,29). The topological polar surface area (TPSA) is 72.5 Å². The minimum absolute atomic E-state index is 0.0244.